The number of rotatable bonds is 3. The van der Waals surface area contributed by atoms with Gasteiger partial charge >= 0.3 is 0 Å². The Morgan fingerprint density at radius 1 is 1.35 bits per heavy atom. The lowest BCUT2D eigenvalue weighted by atomic mass is 10.2. The van der Waals surface area contributed by atoms with E-state index in [1.54, 1.807) is 30.5 Å². The highest BCUT2D eigenvalue weighted by molar-refractivity contribution is 7.71. The molecule has 5 nitrogen and oxygen atoms in total. The fourth-order valence-electron chi connectivity index (χ4n) is 2.17. The van der Waals surface area contributed by atoms with Crippen LogP contribution in [0.15, 0.2) is 51.9 Å². The van der Waals surface area contributed by atoms with Crippen LogP contribution in [0.25, 0.3) is 6.08 Å². The second kappa shape index (κ2) is 6.13. The van der Waals surface area contributed by atoms with E-state index in [0.29, 0.717) is 5.70 Å². The van der Waals surface area contributed by atoms with Gasteiger partial charge in [-0.25, -0.2) is 4.39 Å². The molecule has 2 N–H and O–H groups in total. The molecule has 0 unspecified atom stereocenters. The first-order valence-electron chi connectivity index (χ1n) is 6.77. The molecule has 7 heteroatoms. The lowest BCUT2D eigenvalue weighted by Crippen LogP contribution is -2.17. The van der Waals surface area contributed by atoms with Crippen molar-refractivity contribution >= 4 is 24.5 Å². The average molecular weight is 329 g/mol. The van der Waals surface area contributed by atoms with Gasteiger partial charge in [-0.05, 0) is 48.1 Å². The van der Waals surface area contributed by atoms with E-state index in [0.717, 1.165) is 5.56 Å². The molecule has 0 fully saturated rings. The third-order valence-electron chi connectivity index (χ3n) is 3.33. The number of nitrogens with zero attached hydrogens (tertiary/aromatic N) is 2. The number of halogens is 1. The van der Waals surface area contributed by atoms with Crippen LogP contribution in [0.5, 0.6) is 5.88 Å². The van der Waals surface area contributed by atoms with E-state index in [-0.39, 0.29) is 28.6 Å². The maximum Gasteiger partial charge on any atom is 0.262 e. The maximum absolute atomic E-state index is 13.0. The number of allylic oxidation sites excluding steroid dienone is 2. The summed E-state index contributed by atoms with van der Waals surface area (Å²) in [5.74, 6) is -0.606. The second-order valence-corrected chi connectivity index (χ2v) is 5.30. The van der Waals surface area contributed by atoms with Crippen LogP contribution in [0.3, 0.4) is 0 Å². The molecule has 0 radical (unpaired) electrons. The zero-order valence-electron chi connectivity index (χ0n) is 11.9. The average Bonchev–Trinajstić information content (AvgIpc) is 3.03. The topological polar surface area (TPSA) is 70.4 Å². The van der Waals surface area contributed by atoms with E-state index >= 15 is 0 Å². The highest BCUT2D eigenvalue weighted by Crippen LogP contribution is 2.19. The Bertz CT molecular complexity index is 939. The van der Waals surface area contributed by atoms with E-state index in [1.165, 1.54) is 22.8 Å². The molecule has 0 saturated carbocycles. The summed E-state index contributed by atoms with van der Waals surface area (Å²) in [6.07, 6.45) is 6.51. The summed E-state index contributed by atoms with van der Waals surface area (Å²) >= 11 is 5.10. The molecule has 3 rings (SSSR count). The molecule has 0 atom stereocenters. The first-order valence-corrected chi connectivity index (χ1v) is 7.18. The second-order valence-electron chi connectivity index (χ2n) is 4.92. The van der Waals surface area contributed by atoms with Crippen LogP contribution in [0, 0.1) is 10.6 Å². The van der Waals surface area contributed by atoms with Crippen molar-refractivity contribution < 1.29 is 9.50 Å². The van der Waals surface area contributed by atoms with Crippen molar-refractivity contribution in [1.29, 1.82) is 0 Å². The lowest BCUT2D eigenvalue weighted by Gasteiger charge is -2.11. The number of benzene rings is 1. The van der Waals surface area contributed by atoms with E-state index in [4.69, 9.17) is 12.2 Å². The molecular formula is C16H12FN3O2S. The van der Waals surface area contributed by atoms with Gasteiger partial charge in [-0.2, -0.15) is 0 Å². The van der Waals surface area contributed by atoms with Gasteiger partial charge in [0.25, 0.3) is 5.56 Å². The zero-order chi connectivity index (χ0) is 16.4. The number of aromatic amines is 1. The quantitative estimate of drug-likeness (QED) is 0.851. The normalized spacial score (nSPS) is 14.7. The van der Waals surface area contributed by atoms with Gasteiger partial charge < -0.3 is 5.11 Å². The van der Waals surface area contributed by atoms with Gasteiger partial charge in [-0.3, -0.25) is 19.3 Å². The maximum atomic E-state index is 13.0. The highest BCUT2D eigenvalue weighted by atomic mass is 32.1. The molecule has 0 bridgehead atoms. The number of H-pyrrole nitrogens is 1. The Morgan fingerprint density at radius 3 is 2.74 bits per heavy atom. The summed E-state index contributed by atoms with van der Waals surface area (Å²) in [7, 11) is 0. The molecule has 0 amide bonds. The fourth-order valence-corrected chi connectivity index (χ4v) is 2.41. The number of nitrogens with one attached hydrogen (secondary N) is 1. The minimum absolute atomic E-state index is 0.0689. The molecule has 2 heterocycles. The van der Waals surface area contributed by atoms with Crippen LogP contribution in [-0.2, 0) is 6.54 Å². The van der Waals surface area contributed by atoms with Crippen LogP contribution in [0.2, 0.25) is 0 Å². The fraction of sp³-hybridized carbons (Fsp3) is 0.0625. The van der Waals surface area contributed by atoms with Gasteiger partial charge in [0.2, 0.25) is 5.88 Å². The highest BCUT2D eigenvalue weighted by Gasteiger charge is 2.12. The van der Waals surface area contributed by atoms with Gasteiger partial charge in [-0.1, -0.05) is 12.1 Å². The number of aromatic nitrogens is 2. The molecule has 0 aliphatic carbocycles. The molecule has 23 heavy (non-hydrogen) atoms. The first-order chi connectivity index (χ1) is 11.0. The minimum Gasteiger partial charge on any atom is -0.494 e. The summed E-state index contributed by atoms with van der Waals surface area (Å²) in [5.41, 5.74) is 0.865. The SMILES string of the molecule is O=c1[nH]c(=S)n(Cc2ccc(F)cc2)c(O)c1/C=C1/C=CC=N1. The van der Waals surface area contributed by atoms with Crippen LogP contribution in [-0.4, -0.2) is 20.9 Å². The van der Waals surface area contributed by atoms with Crippen LogP contribution in [0.1, 0.15) is 11.1 Å². The molecule has 1 aromatic carbocycles. The van der Waals surface area contributed by atoms with Gasteiger partial charge in [0.1, 0.15) is 11.4 Å². The first kappa shape index (κ1) is 15.1. The minimum atomic E-state index is -0.495. The smallest absolute Gasteiger partial charge is 0.262 e. The predicted molar refractivity (Wildman–Crippen MR) is 88.7 cm³/mol. The van der Waals surface area contributed by atoms with Crippen molar-refractivity contribution in [3.63, 3.8) is 0 Å². The van der Waals surface area contributed by atoms with Crippen molar-refractivity contribution in [2.45, 2.75) is 6.54 Å². The molecule has 0 saturated heterocycles. The van der Waals surface area contributed by atoms with Gasteiger partial charge in [0.05, 0.1) is 12.2 Å². The Kier molecular flexibility index (Phi) is 4.03. The standard InChI is InChI=1S/C16H12FN3O2S/c17-11-5-3-10(4-6-11)9-20-15(22)13(14(21)19-16(20)23)8-12-2-1-7-18-12/h1-8,22H,9H2,(H,19,21,23)/b12-8-. The number of hydrogen-bond donors (Lipinski definition) is 2. The molecule has 116 valence electrons. The van der Waals surface area contributed by atoms with E-state index in [9.17, 15) is 14.3 Å². The Balaban J connectivity index is 2.07. The Labute approximate surface area is 135 Å². The van der Waals surface area contributed by atoms with Crippen molar-refractivity contribution in [3.8, 4) is 5.88 Å². The summed E-state index contributed by atoms with van der Waals surface area (Å²) in [6.45, 7) is 0.205. The number of aromatic hydroxyl groups is 1. The van der Waals surface area contributed by atoms with Crippen LogP contribution < -0.4 is 5.56 Å². The van der Waals surface area contributed by atoms with Crippen molar-refractivity contribution in [2.75, 3.05) is 0 Å². The summed E-state index contributed by atoms with van der Waals surface area (Å²) in [5, 5.41) is 10.4. The van der Waals surface area contributed by atoms with Crippen molar-refractivity contribution in [3.05, 3.63) is 74.2 Å². The molecule has 1 aliphatic heterocycles. The molecule has 1 aromatic heterocycles. The van der Waals surface area contributed by atoms with E-state index in [1.807, 2.05) is 0 Å². The largest absolute Gasteiger partial charge is 0.494 e. The van der Waals surface area contributed by atoms with Gasteiger partial charge in [-0.15, -0.1) is 0 Å². The predicted octanol–water partition coefficient (Wildman–Crippen LogP) is 2.78. The van der Waals surface area contributed by atoms with Crippen molar-refractivity contribution in [2.24, 2.45) is 4.99 Å². The number of aliphatic imine (C=N–C) groups is 1. The monoisotopic (exact) mass is 329 g/mol. The van der Waals surface area contributed by atoms with E-state index < -0.39 is 5.56 Å². The third kappa shape index (κ3) is 3.19. The van der Waals surface area contributed by atoms with Crippen LogP contribution in [0.4, 0.5) is 4.39 Å². The Morgan fingerprint density at radius 2 is 2.09 bits per heavy atom. The Hall–Kier alpha value is -2.80. The summed E-state index contributed by atoms with van der Waals surface area (Å²) < 4.78 is 14.4. The van der Waals surface area contributed by atoms with Gasteiger partial charge in [0.15, 0.2) is 4.77 Å². The molecule has 0 spiro atoms. The lowest BCUT2D eigenvalue weighted by molar-refractivity contribution is 0.411. The van der Waals surface area contributed by atoms with E-state index in [2.05, 4.69) is 9.98 Å². The third-order valence-corrected chi connectivity index (χ3v) is 3.65. The van der Waals surface area contributed by atoms with Crippen LogP contribution >= 0.6 is 12.2 Å². The van der Waals surface area contributed by atoms with Crippen molar-refractivity contribution in [1.82, 2.24) is 9.55 Å². The zero-order valence-corrected chi connectivity index (χ0v) is 12.7. The molecular weight excluding hydrogens is 317 g/mol. The summed E-state index contributed by atoms with van der Waals surface area (Å²) in [6, 6.07) is 5.82. The molecule has 2 aromatic rings. The summed E-state index contributed by atoms with van der Waals surface area (Å²) in [4.78, 5) is 18.6. The van der Waals surface area contributed by atoms with Gasteiger partial charge in [0, 0.05) is 6.21 Å². The molecule has 1 aliphatic rings. The number of hydrogen-bond acceptors (Lipinski definition) is 4.